The summed E-state index contributed by atoms with van der Waals surface area (Å²) >= 11 is 0. The molecule has 0 bridgehead atoms. The first-order chi connectivity index (χ1) is 23.2. The third-order valence-electron chi connectivity index (χ3n) is 9.58. The third kappa shape index (κ3) is 8.18. The highest BCUT2D eigenvalue weighted by molar-refractivity contribution is 5.94. The van der Waals surface area contributed by atoms with Gasteiger partial charge < -0.3 is 19.9 Å². The molecule has 0 radical (unpaired) electrons. The van der Waals surface area contributed by atoms with Gasteiger partial charge in [0.05, 0.1) is 17.9 Å². The van der Waals surface area contributed by atoms with Crippen LogP contribution in [0.4, 0.5) is 16.6 Å². The molecule has 0 fully saturated rings. The Bertz CT molecular complexity index is 1790. The molecule has 2 atom stereocenters. The Balaban J connectivity index is 1.31. The molecule has 49 heavy (non-hydrogen) atoms. The van der Waals surface area contributed by atoms with Crippen molar-refractivity contribution < 1.29 is 14.3 Å². The lowest BCUT2D eigenvalue weighted by Gasteiger charge is -2.32. The number of carbonyl (C=O) groups excluding carboxylic acids is 2. The fourth-order valence-electron chi connectivity index (χ4n) is 5.92. The summed E-state index contributed by atoms with van der Waals surface area (Å²) in [6, 6.07) is 13.0. The number of anilines is 2. The number of carbonyl (C=O) groups is 2. The summed E-state index contributed by atoms with van der Waals surface area (Å²) in [6.45, 7) is 16.1. The Hall–Kier alpha value is -4.58. The molecular weight excluding hydrogens is 618 g/mol. The fourth-order valence-corrected chi connectivity index (χ4v) is 5.92. The molecule has 3 heterocycles. The largest absolute Gasteiger partial charge is 0.484 e. The first kappa shape index (κ1) is 35.7. The van der Waals surface area contributed by atoms with Gasteiger partial charge in [0.25, 0.3) is 0 Å². The van der Waals surface area contributed by atoms with Crippen molar-refractivity contribution in [3.63, 3.8) is 0 Å². The second-order valence-corrected chi connectivity index (χ2v) is 14.6. The maximum absolute atomic E-state index is 13.4. The Morgan fingerprint density at radius 3 is 2.35 bits per heavy atom. The molecule has 2 N–H and O–H groups in total. The normalized spacial score (nSPS) is 16.4. The number of Topliss-reactive ketones (excluding diaryl/α,β-unsaturated/α-hetero) is 1. The van der Waals surface area contributed by atoms with Crippen LogP contribution in [0.1, 0.15) is 114 Å². The van der Waals surface area contributed by atoms with E-state index in [9.17, 15) is 9.59 Å². The smallest absolute Gasteiger partial charge is 0.320 e. The minimum atomic E-state index is -0.396. The number of amides is 2. The van der Waals surface area contributed by atoms with E-state index in [2.05, 4.69) is 74.4 Å². The van der Waals surface area contributed by atoms with Crippen LogP contribution < -0.4 is 20.3 Å². The van der Waals surface area contributed by atoms with Crippen LogP contribution in [0.15, 0.2) is 48.7 Å². The van der Waals surface area contributed by atoms with Crippen molar-refractivity contribution in [1.29, 1.82) is 0 Å². The minimum absolute atomic E-state index is 0.120. The minimum Gasteiger partial charge on any atom is -0.484 e. The van der Waals surface area contributed by atoms with E-state index in [1.54, 1.807) is 6.07 Å². The average molecular weight is 670 g/mol. The van der Waals surface area contributed by atoms with Crippen LogP contribution in [0.3, 0.4) is 0 Å². The number of ketones is 1. The number of urea groups is 1. The second-order valence-electron chi connectivity index (χ2n) is 14.6. The van der Waals surface area contributed by atoms with Crippen LogP contribution in [0, 0.1) is 0 Å². The predicted molar refractivity (Wildman–Crippen MR) is 193 cm³/mol. The molecule has 3 aromatic heterocycles. The number of rotatable bonds is 12. The molecule has 262 valence electrons. The summed E-state index contributed by atoms with van der Waals surface area (Å²) in [7, 11) is 4.00. The summed E-state index contributed by atoms with van der Waals surface area (Å²) in [5.41, 5.74) is 2.97. The van der Waals surface area contributed by atoms with E-state index in [1.165, 1.54) is 0 Å². The van der Waals surface area contributed by atoms with Gasteiger partial charge in [-0.2, -0.15) is 0 Å². The Morgan fingerprint density at radius 1 is 0.959 bits per heavy atom. The van der Waals surface area contributed by atoms with Crippen molar-refractivity contribution in [2.24, 2.45) is 0 Å². The first-order valence-corrected chi connectivity index (χ1v) is 17.2. The van der Waals surface area contributed by atoms with Gasteiger partial charge in [0, 0.05) is 36.5 Å². The molecule has 0 saturated carbocycles. The molecule has 4 aromatic rings. The molecule has 0 spiro atoms. The standard InChI is InChI=1S/C37H51N9O3/c1-10-45(11-2)35-43-42-32-19-16-24(23-46(32)35)49-29-18-17-27(25-14-12-13-15-26(25)29)38-34(48)41-31-22-30(36(3,4)5)39-33(40-31)28(47)20-21-37(6,7)44(8)9/h12-16,19,22-23,27,29H,10-11,17-18,20-21H2,1-9H3,(H2,38,39,40,41,48)/t27-,29+/m0/s1. The lowest BCUT2D eigenvalue weighted by atomic mass is 9.85. The number of aromatic nitrogens is 5. The predicted octanol–water partition coefficient (Wildman–Crippen LogP) is 6.74. The maximum atomic E-state index is 13.4. The van der Waals surface area contributed by atoms with Gasteiger partial charge in [-0.3, -0.25) is 14.5 Å². The Morgan fingerprint density at radius 2 is 1.67 bits per heavy atom. The first-order valence-electron chi connectivity index (χ1n) is 17.2. The molecule has 0 saturated heterocycles. The SMILES string of the molecule is CCN(CC)c1nnc2ccc(O[C@@H]3CC[C@H](NC(=O)Nc4cc(C(C)(C)C)nc(C(=O)CCC(C)(C)N(C)C)n4)c4ccccc43)cn12. The zero-order chi connectivity index (χ0) is 35.5. The zero-order valence-corrected chi connectivity index (χ0v) is 30.4. The number of hydrogen-bond donors (Lipinski definition) is 2. The summed E-state index contributed by atoms with van der Waals surface area (Å²) < 4.78 is 8.54. The highest BCUT2D eigenvalue weighted by atomic mass is 16.5. The molecule has 5 rings (SSSR count). The molecule has 0 unspecified atom stereocenters. The van der Waals surface area contributed by atoms with Gasteiger partial charge >= 0.3 is 6.03 Å². The zero-order valence-electron chi connectivity index (χ0n) is 30.4. The molecule has 1 aromatic carbocycles. The number of benzene rings is 1. The van der Waals surface area contributed by atoms with Crippen molar-refractivity contribution >= 4 is 29.2 Å². The van der Waals surface area contributed by atoms with Gasteiger partial charge in [-0.1, -0.05) is 45.0 Å². The summed E-state index contributed by atoms with van der Waals surface area (Å²) in [5.74, 6) is 1.77. The number of ether oxygens (including phenoxy) is 1. The van der Waals surface area contributed by atoms with Gasteiger partial charge in [0.1, 0.15) is 17.7 Å². The fraction of sp³-hybridized carbons (Fsp3) is 0.514. The molecule has 1 aliphatic carbocycles. The van der Waals surface area contributed by atoms with Crippen LogP contribution in [0.2, 0.25) is 0 Å². The van der Waals surface area contributed by atoms with E-state index in [0.717, 1.165) is 41.6 Å². The maximum Gasteiger partial charge on any atom is 0.320 e. The van der Waals surface area contributed by atoms with Gasteiger partial charge in [-0.25, -0.2) is 14.8 Å². The van der Waals surface area contributed by atoms with Gasteiger partial charge in [0.2, 0.25) is 5.95 Å². The second kappa shape index (κ2) is 14.5. The summed E-state index contributed by atoms with van der Waals surface area (Å²) in [5, 5.41) is 14.8. The van der Waals surface area contributed by atoms with Gasteiger partial charge in [0.15, 0.2) is 17.3 Å². The van der Waals surface area contributed by atoms with Gasteiger partial charge in [-0.05, 0) is 84.3 Å². The van der Waals surface area contributed by atoms with E-state index in [-0.39, 0.29) is 34.7 Å². The van der Waals surface area contributed by atoms with E-state index < -0.39 is 6.03 Å². The average Bonchev–Trinajstić information content (AvgIpc) is 3.47. The third-order valence-corrected chi connectivity index (χ3v) is 9.58. The topological polar surface area (TPSA) is 130 Å². The number of hydrogen-bond acceptors (Lipinski definition) is 9. The van der Waals surface area contributed by atoms with Crippen molar-refractivity contribution in [1.82, 2.24) is 34.8 Å². The van der Waals surface area contributed by atoms with E-state index in [0.29, 0.717) is 37.2 Å². The number of pyridine rings is 1. The van der Waals surface area contributed by atoms with Crippen LogP contribution in [0.5, 0.6) is 5.75 Å². The van der Waals surface area contributed by atoms with E-state index in [4.69, 9.17) is 4.74 Å². The Labute approximate surface area is 289 Å². The highest BCUT2D eigenvalue weighted by Gasteiger charge is 2.30. The molecule has 12 heteroatoms. The van der Waals surface area contributed by atoms with Crippen LogP contribution in [0.25, 0.3) is 5.65 Å². The van der Waals surface area contributed by atoms with Crippen molar-refractivity contribution in [2.75, 3.05) is 37.4 Å². The van der Waals surface area contributed by atoms with E-state index >= 15 is 0 Å². The van der Waals surface area contributed by atoms with Crippen molar-refractivity contribution in [2.45, 2.75) is 97.2 Å². The van der Waals surface area contributed by atoms with Crippen LogP contribution >= 0.6 is 0 Å². The van der Waals surface area contributed by atoms with Crippen LogP contribution in [-0.4, -0.2) is 74.0 Å². The lowest BCUT2D eigenvalue weighted by molar-refractivity contribution is 0.0934. The summed E-state index contributed by atoms with van der Waals surface area (Å²) in [6.07, 6.45) is 4.09. The Kier molecular flexibility index (Phi) is 10.6. The number of nitrogens with zero attached hydrogens (tertiary/aromatic N) is 7. The molecule has 1 aliphatic rings. The molecule has 2 amide bonds. The number of nitrogens with one attached hydrogen (secondary N) is 2. The highest BCUT2D eigenvalue weighted by Crippen LogP contribution is 2.39. The van der Waals surface area contributed by atoms with Crippen molar-refractivity contribution in [3.05, 3.63) is 71.3 Å². The lowest BCUT2D eigenvalue weighted by Crippen LogP contribution is -2.38. The molecular formula is C37H51N9O3. The van der Waals surface area contributed by atoms with Gasteiger partial charge in [-0.15, -0.1) is 10.2 Å². The summed E-state index contributed by atoms with van der Waals surface area (Å²) in [4.78, 5) is 40.1. The number of fused-ring (bicyclic) bond motifs is 2. The quantitative estimate of drug-likeness (QED) is 0.158. The monoisotopic (exact) mass is 669 g/mol. The van der Waals surface area contributed by atoms with Crippen LogP contribution in [-0.2, 0) is 5.41 Å². The molecule has 12 nitrogen and oxygen atoms in total. The molecule has 0 aliphatic heterocycles. The van der Waals surface area contributed by atoms with E-state index in [1.807, 2.05) is 75.8 Å². The van der Waals surface area contributed by atoms with Crippen molar-refractivity contribution in [3.8, 4) is 5.75 Å².